The number of fused-ring (bicyclic) bond motifs is 1. The molecule has 140 valence electrons. The summed E-state index contributed by atoms with van der Waals surface area (Å²) in [6.07, 6.45) is 2.59. The zero-order chi connectivity index (χ0) is 19.4. The van der Waals surface area contributed by atoms with Crippen molar-refractivity contribution >= 4 is 16.8 Å². The Bertz CT molecular complexity index is 950. The van der Waals surface area contributed by atoms with Gasteiger partial charge in [0.05, 0.1) is 0 Å². The van der Waals surface area contributed by atoms with Crippen LogP contribution in [0.4, 0.5) is 0 Å². The van der Waals surface area contributed by atoms with Crippen LogP contribution in [0.3, 0.4) is 0 Å². The highest BCUT2D eigenvalue weighted by molar-refractivity contribution is 5.96. The molecule has 0 saturated heterocycles. The van der Waals surface area contributed by atoms with E-state index in [0.717, 1.165) is 35.0 Å². The summed E-state index contributed by atoms with van der Waals surface area (Å²) >= 11 is 0. The van der Waals surface area contributed by atoms with Gasteiger partial charge in [-0.05, 0) is 74.9 Å². The molecule has 0 aliphatic heterocycles. The van der Waals surface area contributed by atoms with Gasteiger partial charge in [0, 0.05) is 23.7 Å². The van der Waals surface area contributed by atoms with Crippen LogP contribution in [0, 0.1) is 6.92 Å². The number of aromatic hydroxyl groups is 1. The Morgan fingerprint density at radius 2 is 1.93 bits per heavy atom. The molecular formula is C22H25N3O2. The molecule has 5 heteroatoms. The minimum atomic E-state index is -0.0670. The summed E-state index contributed by atoms with van der Waals surface area (Å²) in [7, 11) is 4.03. The topological polar surface area (TPSA) is 65.5 Å². The van der Waals surface area contributed by atoms with E-state index in [-0.39, 0.29) is 11.7 Å². The summed E-state index contributed by atoms with van der Waals surface area (Å²) in [6.45, 7) is 3.62. The van der Waals surface area contributed by atoms with Crippen LogP contribution in [0.25, 0.3) is 22.0 Å². The summed E-state index contributed by atoms with van der Waals surface area (Å²) in [4.78, 5) is 18.6. The largest absolute Gasteiger partial charge is 0.506 e. The van der Waals surface area contributed by atoms with Crippen LogP contribution in [-0.2, 0) is 0 Å². The Morgan fingerprint density at radius 3 is 2.63 bits per heavy atom. The molecule has 3 rings (SSSR count). The number of phenolic OH excluding ortho intramolecular Hbond substituents is 1. The first kappa shape index (κ1) is 18.9. The molecule has 2 aromatic carbocycles. The van der Waals surface area contributed by atoms with E-state index in [0.29, 0.717) is 17.6 Å². The summed E-state index contributed by atoms with van der Waals surface area (Å²) in [5, 5.41) is 14.2. The maximum atomic E-state index is 12.3. The Balaban J connectivity index is 1.79. The quantitative estimate of drug-likeness (QED) is 0.657. The fourth-order valence-electron chi connectivity index (χ4n) is 3.17. The van der Waals surface area contributed by atoms with Crippen LogP contribution in [0.15, 0.2) is 48.7 Å². The van der Waals surface area contributed by atoms with Gasteiger partial charge in [-0.3, -0.25) is 9.78 Å². The van der Waals surface area contributed by atoms with Crippen molar-refractivity contribution in [3.8, 4) is 16.9 Å². The van der Waals surface area contributed by atoms with Gasteiger partial charge in [-0.15, -0.1) is 0 Å². The van der Waals surface area contributed by atoms with Crippen molar-refractivity contribution < 1.29 is 9.90 Å². The number of pyridine rings is 1. The molecule has 3 aromatic rings. The molecule has 0 atom stereocenters. The molecule has 2 N–H and O–H groups in total. The summed E-state index contributed by atoms with van der Waals surface area (Å²) in [6, 6.07) is 13.0. The lowest BCUT2D eigenvalue weighted by molar-refractivity contribution is 0.0952. The average molecular weight is 363 g/mol. The van der Waals surface area contributed by atoms with E-state index in [1.165, 1.54) is 0 Å². The monoisotopic (exact) mass is 363 g/mol. The number of nitrogens with zero attached hydrogens (tertiary/aromatic N) is 2. The van der Waals surface area contributed by atoms with E-state index in [2.05, 4.69) is 15.2 Å². The second kappa shape index (κ2) is 8.18. The first-order valence-corrected chi connectivity index (χ1v) is 9.08. The average Bonchev–Trinajstić information content (AvgIpc) is 2.68. The highest BCUT2D eigenvalue weighted by Crippen LogP contribution is 2.34. The van der Waals surface area contributed by atoms with Crippen molar-refractivity contribution in [3.05, 3.63) is 59.8 Å². The molecule has 0 aliphatic rings. The van der Waals surface area contributed by atoms with E-state index in [1.54, 1.807) is 12.3 Å². The van der Waals surface area contributed by atoms with E-state index < -0.39 is 0 Å². The lowest BCUT2D eigenvalue weighted by Crippen LogP contribution is -2.27. The Labute approximate surface area is 159 Å². The zero-order valence-electron chi connectivity index (χ0n) is 16.0. The number of amides is 1. The van der Waals surface area contributed by atoms with E-state index in [4.69, 9.17) is 0 Å². The summed E-state index contributed by atoms with van der Waals surface area (Å²) in [5.41, 5.74) is 4.18. The summed E-state index contributed by atoms with van der Waals surface area (Å²) < 4.78 is 0. The van der Waals surface area contributed by atoms with Crippen molar-refractivity contribution in [3.63, 3.8) is 0 Å². The van der Waals surface area contributed by atoms with E-state index >= 15 is 0 Å². The number of aromatic nitrogens is 1. The molecule has 0 unspecified atom stereocenters. The molecule has 5 nitrogen and oxygen atoms in total. The third kappa shape index (κ3) is 4.26. The molecule has 0 fully saturated rings. The third-order valence-corrected chi connectivity index (χ3v) is 4.67. The molecule has 0 radical (unpaired) electrons. The van der Waals surface area contributed by atoms with Crippen molar-refractivity contribution in [2.75, 3.05) is 27.2 Å². The standard InChI is InChI=1S/C22H25N3O2/c1-15-18-6-4-11-23-21(18)20(26)14-19(15)16-7-9-17(10-8-16)22(27)24-12-5-13-25(2)3/h4,6-11,14,26H,5,12-13H2,1-3H3,(H,24,27). The Hall–Kier alpha value is -2.92. The van der Waals surface area contributed by atoms with Gasteiger partial charge < -0.3 is 15.3 Å². The number of hydrogen-bond donors (Lipinski definition) is 2. The van der Waals surface area contributed by atoms with Gasteiger partial charge in [-0.25, -0.2) is 0 Å². The SMILES string of the molecule is Cc1c(-c2ccc(C(=O)NCCCN(C)C)cc2)cc(O)c2ncccc12. The minimum absolute atomic E-state index is 0.0670. The Kier molecular flexibility index (Phi) is 5.72. The number of benzene rings is 2. The fourth-order valence-corrected chi connectivity index (χ4v) is 3.17. The number of rotatable bonds is 6. The predicted octanol–water partition coefficient (Wildman–Crippen LogP) is 3.60. The van der Waals surface area contributed by atoms with Crippen molar-refractivity contribution in [1.29, 1.82) is 0 Å². The highest BCUT2D eigenvalue weighted by atomic mass is 16.3. The molecule has 1 aromatic heterocycles. The number of nitrogens with one attached hydrogen (secondary N) is 1. The molecule has 0 spiro atoms. The molecule has 1 amide bonds. The summed E-state index contributed by atoms with van der Waals surface area (Å²) in [5.74, 6) is 0.0940. The maximum absolute atomic E-state index is 12.3. The Morgan fingerprint density at radius 1 is 1.19 bits per heavy atom. The molecular weight excluding hydrogens is 338 g/mol. The van der Waals surface area contributed by atoms with Gasteiger partial charge >= 0.3 is 0 Å². The maximum Gasteiger partial charge on any atom is 0.251 e. The molecule has 0 aliphatic carbocycles. The van der Waals surface area contributed by atoms with Crippen molar-refractivity contribution in [2.24, 2.45) is 0 Å². The van der Waals surface area contributed by atoms with Gasteiger partial charge in [-0.2, -0.15) is 0 Å². The second-order valence-electron chi connectivity index (χ2n) is 6.96. The van der Waals surface area contributed by atoms with Crippen LogP contribution in [-0.4, -0.2) is 48.1 Å². The first-order valence-electron chi connectivity index (χ1n) is 9.08. The minimum Gasteiger partial charge on any atom is -0.506 e. The van der Waals surface area contributed by atoms with Crippen LogP contribution in [0.2, 0.25) is 0 Å². The van der Waals surface area contributed by atoms with Crippen LogP contribution in [0.1, 0.15) is 22.3 Å². The van der Waals surface area contributed by atoms with Crippen LogP contribution < -0.4 is 5.32 Å². The van der Waals surface area contributed by atoms with Gasteiger partial charge in [0.1, 0.15) is 11.3 Å². The molecule has 1 heterocycles. The van der Waals surface area contributed by atoms with Gasteiger partial charge in [0.2, 0.25) is 0 Å². The van der Waals surface area contributed by atoms with Crippen molar-refractivity contribution in [2.45, 2.75) is 13.3 Å². The number of phenols is 1. The van der Waals surface area contributed by atoms with Gasteiger partial charge in [0.15, 0.2) is 0 Å². The van der Waals surface area contributed by atoms with Crippen LogP contribution >= 0.6 is 0 Å². The fraction of sp³-hybridized carbons (Fsp3) is 0.273. The zero-order valence-corrected chi connectivity index (χ0v) is 16.0. The molecule has 0 saturated carbocycles. The van der Waals surface area contributed by atoms with Gasteiger partial charge in [0.25, 0.3) is 5.91 Å². The number of aryl methyl sites for hydroxylation is 1. The number of carbonyl (C=O) groups excluding carboxylic acids is 1. The first-order chi connectivity index (χ1) is 13.0. The second-order valence-corrected chi connectivity index (χ2v) is 6.96. The molecule has 0 bridgehead atoms. The van der Waals surface area contributed by atoms with Gasteiger partial charge in [-0.1, -0.05) is 18.2 Å². The van der Waals surface area contributed by atoms with Crippen molar-refractivity contribution in [1.82, 2.24) is 15.2 Å². The smallest absolute Gasteiger partial charge is 0.251 e. The number of hydrogen-bond acceptors (Lipinski definition) is 4. The third-order valence-electron chi connectivity index (χ3n) is 4.67. The molecule has 27 heavy (non-hydrogen) atoms. The highest BCUT2D eigenvalue weighted by Gasteiger charge is 2.12. The lowest BCUT2D eigenvalue weighted by Gasteiger charge is -2.12. The van der Waals surface area contributed by atoms with Crippen LogP contribution in [0.5, 0.6) is 5.75 Å². The normalized spacial score (nSPS) is 11.1. The predicted molar refractivity (Wildman–Crippen MR) is 109 cm³/mol. The number of carbonyl (C=O) groups is 1. The lowest BCUT2D eigenvalue weighted by atomic mass is 9.95. The van der Waals surface area contributed by atoms with E-state index in [9.17, 15) is 9.90 Å². The van der Waals surface area contributed by atoms with E-state index in [1.807, 2.05) is 57.4 Å².